The molecule has 38 heavy (non-hydrogen) atoms. The summed E-state index contributed by atoms with van der Waals surface area (Å²) >= 11 is 1.55. The van der Waals surface area contributed by atoms with Crippen LogP contribution in [0.25, 0.3) is 0 Å². The van der Waals surface area contributed by atoms with Crippen LogP contribution in [0, 0.1) is 5.92 Å². The van der Waals surface area contributed by atoms with Gasteiger partial charge in [0.25, 0.3) is 0 Å². The molecule has 0 saturated carbocycles. The molecular weight excluding hydrogens is 512 g/mol. The number of aromatic nitrogens is 2. The molecule has 1 aromatic heterocycles. The van der Waals surface area contributed by atoms with Gasteiger partial charge in [0, 0.05) is 24.7 Å². The Labute approximate surface area is 225 Å². The summed E-state index contributed by atoms with van der Waals surface area (Å²) < 4.78 is 0. The number of thioether (sulfide) groups is 1. The molecule has 0 radical (unpaired) electrons. The highest BCUT2D eigenvalue weighted by atomic mass is 32.2. The highest BCUT2D eigenvalue weighted by Gasteiger charge is 2.32. The second-order valence-corrected chi connectivity index (χ2v) is 10.2. The Morgan fingerprint density at radius 2 is 1.66 bits per heavy atom. The third-order valence-electron chi connectivity index (χ3n) is 5.82. The van der Waals surface area contributed by atoms with Gasteiger partial charge in [-0.05, 0) is 42.0 Å². The van der Waals surface area contributed by atoms with Crippen LogP contribution in [0.4, 0.5) is 0 Å². The fraction of sp³-hybridized carbons (Fsp3) is 0.480. The molecule has 0 aliphatic heterocycles. The minimum Gasteiger partial charge on any atom is -0.508 e. The standard InChI is InChI=1S/C25H36N6O6S/c1-14(2)21(24(35)30-20(25(36)37)10-15-4-6-17(32)7-5-15)31-23(34)19(11-16-12-27-13-28-16)29-22(33)18(26)8-9-38-3/h4-7,12-14,18-21,32H,8-11,26H2,1-3H3,(H,27,28)(H,29,33)(H,30,35)(H,31,34)(H,36,37). The zero-order chi connectivity index (χ0) is 28.2. The molecule has 1 aromatic carbocycles. The molecule has 1 heterocycles. The quantitative estimate of drug-likeness (QED) is 0.162. The third kappa shape index (κ3) is 9.71. The molecule has 4 unspecified atom stereocenters. The molecule has 8 N–H and O–H groups in total. The van der Waals surface area contributed by atoms with Crippen molar-refractivity contribution in [1.82, 2.24) is 25.9 Å². The smallest absolute Gasteiger partial charge is 0.326 e. The van der Waals surface area contributed by atoms with Gasteiger partial charge in [-0.2, -0.15) is 11.8 Å². The summed E-state index contributed by atoms with van der Waals surface area (Å²) in [7, 11) is 0. The van der Waals surface area contributed by atoms with Gasteiger partial charge in [0.1, 0.15) is 23.9 Å². The number of carboxylic acid groups (broad SMARTS) is 1. The van der Waals surface area contributed by atoms with E-state index in [1.165, 1.54) is 24.7 Å². The first-order valence-corrected chi connectivity index (χ1v) is 13.5. The van der Waals surface area contributed by atoms with Crippen molar-refractivity contribution in [2.45, 2.75) is 57.3 Å². The molecule has 0 bridgehead atoms. The Balaban J connectivity index is 2.14. The van der Waals surface area contributed by atoms with Crippen LogP contribution in [0.15, 0.2) is 36.8 Å². The SMILES string of the molecule is CSCCC(N)C(=O)NC(Cc1cnc[nH]1)C(=O)NC(C(=O)NC(Cc1ccc(O)cc1)C(=O)O)C(C)C. The van der Waals surface area contributed by atoms with E-state index in [0.717, 1.165) is 0 Å². The topological polar surface area (TPSA) is 200 Å². The number of hydrogen-bond acceptors (Lipinski definition) is 8. The van der Waals surface area contributed by atoms with Crippen LogP contribution in [0.5, 0.6) is 5.75 Å². The number of rotatable bonds is 15. The van der Waals surface area contributed by atoms with Gasteiger partial charge in [-0.3, -0.25) is 14.4 Å². The number of carbonyl (C=O) groups excluding carboxylic acids is 3. The number of nitrogens with two attached hydrogens (primary N) is 1. The minimum atomic E-state index is -1.26. The van der Waals surface area contributed by atoms with Crippen LogP contribution in [-0.2, 0) is 32.0 Å². The van der Waals surface area contributed by atoms with Crippen LogP contribution < -0.4 is 21.7 Å². The molecule has 0 saturated heterocycles. The summed E-state index contributed by atoms with van der Waals surface area (Å²) in [4.78, 5) is 57.7. The van der Waals surface area contributed by atoms with E-state index in [2.05, 4.69) is 25.9 Å². The van der Waals surface area contributed by atoms with E-state index in [4.69, 9.17) is 5.73 Å². The van der Waals surface area contributed by atoms with Crippen molar-refractivity contribution in [3.8, 4) is 5.75 Å². The summed E-state index contributed by atoms with van der Waals surface area (Å²) in [6.07, 6.45) is 5.36. The number of phenols is 1. The van der Waals surface area contributed by atoms with E-state index < -0.39 is 53.8 Å². The number of carboxylic acids is 1. The van der Waals surface area contributed by atoms with E-state index in [1.54, 1.807) is 37.7 Å². The number of phenolic OH excluding ortho intramolecular Hbond substituents is 1. The Kier molecular flexibility index (Phi) is 12.1. The maximum atomic E-state index is 13.3. The summed E-state index contributed by atoms with van der Waals surface area (Å²) in [6.45, 7) is 3.42. The first-order valence-electron chi connectivity index (χ1n) is 12.1. The third-order valence-corrected chi connectivity index (χ3v) is 6.46. The van der Waals surface area contributed by atoms with Gasteiger partial charge < -0.3 is 36.9 Å². The molecule has 208 valence electrons. The number of aliphatic carboxylic acids is 1. The summed E-state index contributed by atoms with van der Waals surface area (Å²) in [6, 6.07) is 1.78. The first-order chi connectivity index (χ1) is 18.0. The molecule has 0 aliphatic rings. The van der Waals surface area contributed by atoms with Gasteiger partial charge in [0.05, 0.1) is 12.4 Å². The van der Waals surface area contributed by atoms with Crippen molar-refractivity contribution in [2.75, 3.05) is 12.0 Å². The molecule has 0 spiro atoms. The van der Waals surface area contributed by atoms with Crippen molar-refractivity contribution in [2.24, 2.45) is 11.7 Å². The molecule has 2 rings (SSSR count). The average molecular weight is 549 g/mol. The number of aromatic hydroxyl groups is 1. The Morgan fingerprint density at radius 1 is 1.00 bits per heavy atom. The van der Waals surface area contributed by atoms with Crippen molar-refractivity contribution in [1.29, 1.82) is 0 Å². The summed E-state index contributed by atoms with van der Waals surface area (Å²) in [5.74, 6) is -2.72. The van der Waals surface area contributed by atoms with Crippen LogP contribution in [0.2, 0.25) is 0 Å². The van der Waals surface area contributed by atoms with Crippen molar-refractivity contribution in [3.63, 3.8) is 0 Å². The molecule has 3 amide bonds. The molecule has 4 atom stereocenters. The fourth-order valence-electron chi connectivity index (χ4n) is 3.60. The molecule has 13 heteroatoms. The van der Waals surface area contributed by atoms with Crippen molar-refractivity contribution >= 4 is 35.5 Å². The number of H-pyrrole nitrogens is 1. The molecule has 0 fully saturated rings. The number of benzene rings is 1. The van der Waals surface area contributed by atoms with E-state index in [1.807, 2.05) is 6.26 Å². The lowest BCUT2D eigenvalue weighted by Crippen LogP contribution is -2.59. The summed E-state index contributed by atoms with van der Waals surface area (Å²) in [5, 5.41) is 26.9. The zero-order valence-corrected chi connectivity index (χ0v) is 22.5. The monoisotopic (exact) mass is 548 g/mol. The first kappa shape index (κ1) is 30.6. The van der Waals surface area contributed by atoms with Crippen molar-refractivity contribution < 1.29 is 29.4 Å². The number of nitrogens with zero attached hydrogens (tertiary/aromatic N) is 1. The van der Waals surface area contributed by atoms with Crippen molar-refractivity contribution in [3.05, 3.63) is 48.0 Å². The second kappa shape index (κ2) is 15.0. The van der Waals surface area contributed by atoms with E-state index >= 15 is 0 Å². The Morgan fingerprint density at radius 3 is 2.21 bits per heavy atom. The predicted octanol–water partition coefficient (Wildman–Crippen LogP) is 0.176. The lowest BCUT2D eigenvalue weighted by molar-refractivity contribution is -0.142. The van der Waals surface area contributed by atoms with Gasteiger partial charge in [-0.15, -0.1) is 0 Å². The normalized spacial score (nSPS) is 14.2. The van der Waals surface area contributed by atoms with Crippen LogP contribution in [0.1, 0.15) is 31.5 Å². The lowest BCUT2D eigenvalue weighted by atomic mass is 10.00. The minimum absolute atomic E-state index is 0.0213. The number of imidazole rings is 1. The number of carbonyl (C=O) groups is 4. The van der Waals surface area contributed by atoms with E-state index in [9.17, 15) is 29.4 Å². The van der Waals surface area contributed by atoms with Crippen LogP contribution in [0.3, 0.4) is 0 Å². The largest absolute Gasteiger partial charge is 0.508 e. The molecule has 2 aromatic rings. The maximum Gasteiger partial charge on any atom is 0.326 e. The number of hydrogen-bond donors (Lipinski definition) is 7. The summed E-state index contributed by atoms with van der Waals surface area (Å²) in [5.41, 5.74) is 7.16. The number of aromatic amines is 1. The predicted molar refractivity (Wildman–Crippen MR) is 143 cm³/mol. The highest BCUT2D eigenvalue weighted by Crippen LogP contribution is 2.12. The number of nitrogens with one attached hydrogen (secondary N) is 4. The highest BCUT2D eigenvalue weighted by molar-refractivity contribution is 7.98. The van der Waals surface area contributed by atoms with E-state index in [0.29, 0.717) is 23.4 Å². The second-order valence-electron chi connectivity index (χ2n) is 9.23. The fourth-order valence-corrected chi connectivity index (χ4v) is 4.09. The zero-order valence-electron chi connectivity index (χ0n) is 21.6. The van der Waals surface area contributed by atoms with E-state index in [-0.39, 0.29) is 18.6 Å². The maximum absolute atomic E-state index is 13.3. The Hall–Kier alpha value is -3.58. The molecule has 12 nitrogen and oxygen atoms in total. The Bertz CT molecular complexity index is 1060. The van der Waals surface area contributed by atoms with Gasteiger partial charge >= 0.3 is 5.97 Å². The van der Waals surface area contributed by atoms with Crippen LogP contribution >= 0.6 is 11.8 Å². The van der Waals surface area contributed by atoms with Gasteiger partial charge in [-0.1, -0.05) is 26.0 Å². The van der Waals surface area contributed by atoms with Gasteiger partial charge in [0.2, 0.25) is 17.7 Å². The van der Waals surface area contributed by atoms with Gasteiger partial charge in [0.15, 0.2) is 0 Å². The average Bonchev–Trinajstić information content (AvgIpc) is 3.38. The molecule has 0 aliphatic carbocycles. The molecular formula is C25H36N6O6S. The lowest BCUT2D eigenvalue weighted by Gasteiger charge is -2.27. The van der Waals surface area contributed by atoms with Gasteiger partial charge in [-0.25, -0.2) is 9.78 Å². The van der Waals surface area contributed by atoms with Crippen LogP contribution in [-0.4, -0.2) is 80.0 Å². The number of amides is 3.